The lowest BCUT2D eigenvalue weighted by Crippen LogP contribution is -2.37. The first-order valence-electron chi connectivity index (χ1n) is 5.74. The van der Waals surface area contributed by atoms with Gasteiger partial charge >= 0.3 is 0 Å². The van der Waals surface area contributed by atoms with Crippen LogP contribution in [0.1, 0.15) is 25.0 Å². The second-order valence-electron chi connectivity index (χ2n) is 4.49. The monoisotopic (exact) mass is 208 g/mol. The second-order valence-corrected chi connectivity index (χ2v) is 4.49. The molecule has 3 nitrogen and oxygen atoms in total. The fourth-order valence-corrected chi connectivity index (χ4v) is 2.64. The first-order chi connectivity index (χ1) is 7.31. The molecule has 0 bridgehead atoms. The summed E-state index contributed by atoms with van der Waals surface area (Å²) in [4.78, 5) is 2.38. The van der Waals surface area contributed by atoms with Crippen LogP contribution >= 0.6 is 0 Å². The molecule has 0 amide bonds. The molecule has 2 N–H and O–H groups in total. The van der Waals surface area contributed by atoms with E-state index < -0.39 is 0 Å². The topological polar surface area (TPSA) is 42.4 Å². The van der Waals surface area contributed by atoms with Gasteiger partial charge in [-0.2, -0.15) is 0 Å². The summed E-state index contributed by atoms with van der Waals surface area (Å²) in [5, 5.41) is 0. The number of hydrogen-bond donors (Lipinski definition) is 1. The Labute approximate surface area is 91.2 Å². The van der Waals surface area contributed by atoms with Crippen molar-refractivity contribution in [1.82, 2.24) is 4.90 Å². The summed E-state index contributed by atoms with van der Waals surface area (Å²) in [5.74, 6) is 1.71. The van der Waals surface area contributed by atoms with E-state index in [4.69, 9.17) is 10.2 Å². The average Bonchev–Trinajstić information content (AvgIpc) is 2.86. The van der Waals surface area contributed by atoms with E-state index in [1.807, 2.05) is 12.1 Å². The van der Waals surface area contributed by atoms with Gasteiger partial charge in [-0.05, 0) is 44.5 Å². The predicted molar refractivity (Wildman–Crippen MR) is 60.4 cm³/mol. The first-order valence-corrected chi connectivity index (χ1v) is 5.74. The van der Waals surface area contributed by atoms with Gasteiger partial charge in [-0.3, -0.25) is 4.90 Å². The Balaban J connectivity index is 1.92. The molecule has 1 aliphatic rings. The zero-order valence-electron chi connectivity index (χ0n) is 9.36. The Morgan fingerprint density at radius 2 is 2.40 bits per heavy atom. The average molecular weight is 208 g/mol. The molecule has 15 heavy (non-hydrogen) atoms. The molecular weight excluding hydrogens is 188 g/mol. The van der Waals surface area contributed by atoms with Crippen LogP contribution in [0.2, 0.25) is 0 Å². The molecule has 1 saturated carbocycles. The minimum Gasteiger partial charge on any atom is -0.468 e. The van der Waals surface area contributed by atoms with E-state index in [1.165, 1.54) is 19.3 Å². The molecule has 3 heteroatoms. The van der Waals surface area contributed by atoms with Crippen molar-refractivity contribution in [3.8, 4) is 0 Å². The normalized spacial score (nSPS) is 26.3. The molecule has 1 fully saturated rings. The van der Waals surface area contributed by atoms with Gasteiger partial charge in [0.05, 0.1) is 12.8 Å². The maximum atomic E-state index is 5.79. The molecule has 0 aromatic carbocycles. The maximum Gasteiger partial charge on any atom is 0.117 e. The lowest BCUT2D eigenvalue weighted by Gasteiger charge is -2.28. The molecule has 2 rings (SSSR count). The lowest BCUT2D eigenvalue weighted by molar-refractivity contribution is 0.180. The third kappa shape index (κ3) is 2.41. The Morgan fingerprint density at radius 3 is 3.07 bits per heavy atom. The molecule has 0 aliphatic heterocycles. The van der Waals surface area contributed by atoms with E-state index >= 15 is 0 Å². The van der Waals surface area contributed by atoms with Crippen molar-refractivity contribution >= 4 is 0 Å². The fourth-order valence-electron chi connectivity index (χ4n) is 2.64. The van der Waals surface area contributed by atoms with Gasteiger partial charge in [0.2, 0.25) is 0 Å². The van der Waals surface area contributed by atoms with Crippen LogP contribution in [0.25, 0.3) is 0 Å². The molecule has 0 radical (unpaired) electrons. The SMILES string of the molecule is CN(Cc1ccco1)C1CCCC1CN. The van der Waals surface area contributed by atoms with E-state index in [9.17, 15) is 0 Å². The first kappa shape index (κ1) is 10.7. The quantitative estimate of drug-likeness (QED) is 0.821. The zero-order chi connectivity index (χ0) is 10.7. The molecule has 1 aliphatic carbocycles. The summed E-state index contributed by atoms with van der Waals surface area (Å²) >= 11 is 0. The fraction of sp³-hybridized carbons (Fsp3) is 0.667. The van der Waals surface area contributed by atoms with Crippen LogP contribution in [-0.4, -0.2) is 24.5 Å². The van der Waals surface area contributed by atoms with Crippen LogP contribution < -0.4 is 5.73 Å². The molecule has 1 aromatic rings. The van der Waals surface area contributed by atoms with Crippen LogP contribution in [-0.2, 0) is 6.54 Å². The summed E-state index contributed by atoms with van der Waals surface area (Å²) in [6.45, 7) is 1.71. The van der Waals surface area contributed by atoms with Crippen LogP contribution in [0.3, 0.4) is 0 Å². The highest BCUT2D eigenvalue weighted by Gasteiger charge is 2.29. The van der Waals surface area contributed by atoms with Crippen molar-refractivity contribution in [1.29, 1.82) is 0 Å². The van der Waals surface area contributed by atoms with Gasteiger partial charge in [-0.1, -0.05) is 6.42 Å². The Morgan fingerprint density at radius 1 is 1.53 bits per heavy atom. The molecule has 2 atom stereocenters. The number of furan rings is 1. The van der Waals surface area contributed by atoms with Crippen LogP contribution in [0.4, 0.5) is 0 Å². The predicted octanol–water partition coefficient (Wildman–Crippen LogP) is 1.84. The minimum absolute atomic E-state index is 0.639. The lowest BCUT2D eigenvalue weighted by atomic mass is 10.0. The smallest absolute Gasteiger partial charge is 0.117 e. The third-order valence-corrected chi connectivity index (χ3v) is 3.47. The number of nitrogens with two attached hydrogens (primary N) is 1. The van der Waals surface area contributed by atoms with Gasteiger partial charge in [-0.25, -0.2) is 0 Å². The summed E-state index contributed by atoms with van der Waals surface area (Å²) in [6.07, 6.45) is 5.61. The largest absolute Gasteiger partial charge is 0.468 e. The summed E-state index contributed by atoms with van der Waals surface area (Å²) < 4.78 is 5.36. The van der Waals surface area contributed by atoms with Crippen LogP contribution in [0.5, 0.6) is 0 Å². The third-order valence-electron chi connectivity index (χ3n) is 3.47. The highest BCUT2D eigenvalue weighted by Crippen LogP contribution is 2.29. The van der Waals surface area contributed by atoms with Gasteiger partial charge < -0.3 is 10.2 Å². The van der Waals surface area contributed by atoms with E-state index in [-0.39, 0.29) is 0 Å². The molecule has 1 aromatic heterocycles. The highest BCUT2D eigenvalue weighted by atomic mass is 16.3. The Kier molecular flexibility index (Phi) is 3.44. The van der Waals surface area contributed by atoms with Crippen molar-refractivity contribution in [2.75, 3.05) is 13.6 Å². The number of hydrogen-bond acceptors (Lipinski definition) is 3. The van der Waals surface area contributed by atoms with Gasteiger partial charge in [0.1, 0.15) is 5.76 Å². The van der Waals surface area contributed by atoms with Crippen LogP contribution in [0.15, 0.2) is 22.8 Å². The van der Waals surface area contributed by atoms with Gasteiger partial charge in [0.25, 0.3) is 0 Å². The van der Waals surface area contributed by atoms with Gasteiger partial charge in [-0.15, -0.1) is 0 Å². The van der Waals surface area contributed by atoms with Crippen molar-refractivity contribution < 1.29 is 4.42 Å². The number of nitrogens with zero attached hydrogens (tertiary/aromatic N) is 1. The van der Waals surface area contributed by atoms with E-state index in [0.717, 1.165) is 18.8 Å². The Bertz CT molecular complexity index is 284. The van der Waals surface area contributed by atoms with Gasteiger partial charge in [0.15, 0.2) is 0 Å². The second kappa shape index (κ2) is 4.81. The van der Waals surface area contributed by atoms with Crippen molar-refractivity contribution in [3.05, 3.63) is 24.2 Å². The van der Waals surface area contributed by atoms with Crippen molar-refractivity contribution in [2.45, 2.75) is 31.8 Å². The summed E-state index contributed by atoms with van der Waals surface area (Å²) in [7, 11) is 2.17. The summed E-state index contributed by atoms with van der Waals surface area (Å²) in [6, 6.07) is 4.61. The Hall–Kier alpha value is -0.800. The molecule has 0 saturated heterocycles. The highest BCUT2D eigenvalue weighted by molar-refractivity contribution is 4.98. The molecule has 0 spiro atoms. The van der Waals surface area contributed by atoms with E-state index in [1.54, 1.807) is 6.26 Å². The van der Waals surface area contributed by atoms with Gasteiger partial charge in [0, 0.05) is 6.04 Å². The van der Waals surface area contributed by atoms with E-state index in [2.05, 4.69) is 11.9 Å². The van der Waals surface area contributed by atoms with Crippen molar-refractivity contribution in [2.24, 2.45) is 11.7 Å². The standard InChI is InChI=1S/C12H20N2O/c1-14(9-11-5-3-7-15-11)12-6-2-4-10(12)8-13/h3,5,7,10,12H,2,4,6,8-9,13H2,1H3. The molecule has 2 unspecified atom stereocenters. The number of rotatable bonds is 4. The molecule has 84 valence electrons. The van der Waals surface area contributed by atoms with Crippen LogP contribution in [0, 0.1) is 5.92 Å². The van der Waals surface area contributed by atoms with Crippen molar-refractivity contribution in [3.63, 3.8) is 0 Å². The maximum absolute atomic E-state index is 5.79. The zero-order valence-corrected chi connectivity index (χ0v) is 9.36. The summed E-state index contributed by atoms with van der Waals surface area (Å²) in [5.41, 5.74) is 5.79. The van der Waals surface area contributed by atoms with E-state index in [0.29, 0.717) is 12.0 Å². The molecular formula is C12H20N2O. The minimum atomic E-state index is 0.639. The molecule has 1 heterocycles.